The van der Waals surface area contributed by atoms with Gasteiger partial charge < -0.3 is 19.7 Å². The van der Waals surface area contributed by atoms with Crippen LogP contribution in [0.4, 0.5) is 4.39 Å². The summed E-state index contributed by atoms with van der Waals surface area (Å²) in [6.45, 7) is 4.45. The highest BCUT2D eigenvalue weighted by atomic mass is 19.1. The van der Waals surface area contributed by atoms with Gasteiger partial charge in [-0.1, -0.05) is 6.07 Å². The van der Waals surface area contributed by atoms with Gasteiger partial charge in [-0.3, -0.25) is 19.3 Å². The molecule has 35 heavy (non-hydrogen) atoms. The summed E-state index contributed by atoms with van der Waals surface area (Å²) in [7, 11) is 1.52. The summed E-state index contributed by atoms with van der Waals surface area (Å²) in [5.74, 6) is -0.692. The number of rotatable bonds is 5. The van der Waals surface area contributed by atoms with Gasteiger partial charge in [-0.2, -0.15) is 0 Å². The van der Waals surface area contributed by atoms with Crippen LogP contribution in [0.1, 0.15) is 47.4 Å². The number of ether oxygens (including phenoxy) is 2. The van der Waals surface area contributed by atoms with Gasteiger partial charge in [0, 0.05) is 43.1 Å². The van der Waals surface area contributed by atoms with Crippen LogP contribution < -0.4 is 10.1 Å². The van der Waals surface area contributed by atoms with E-state index in [0.717, 1.165) is 0 Å². The zero-order valence-corrected chi connectivity index (χ0v) is 20.1. The van der Waals surface area contributed by atoms with Crippen molar-refractivity contribution in [2.75, 3.05) is 26.8 Å². The van der Waals surface area contributed by atoms with E-state index in [1.165, 1.54) is 31.4 Å². The van der Waals surface area contributed by atoms with Crippen molar-refractivity contribution in [2.24, 2.45) is 0 Å². The predicted molar refractivity (Wildman–Crippen MR) is 126 cm³/mol. The van der Waals surface area contributed by atoms with Crippen molar-refractivity contribution in [3.8, 4) is 5.75 Å². The average molecular weight is 484 g/mol. The number of nitrogens with one attached hydrogen (secondary N) is 1. The number of benzene rings is 2. The number of piperidine rings is 1. The van der Waals surface area contributed by atoms with E-state index in [2.05, 4.69) is 5.32 Å². The minimum absolute atomic E-state index is 0.0696. The predicted octanol–water partition coefficient (Wildman–Crippen LogP) is 2.83. The number of hydrogen-bond acceptors (Lipinski definition) is 5. The average Bonchev–Trinajstić information content (AvgIpc) is 3.22. The highest BCUT2D eigenvalue weighted by Crippen LogP contribution is 2.39. The van der Waals surface area contributed by atoms with Gasteiger partial charge in [0.1, 0.15) is 23.3 Å². The van der Waals surface area contributed by atoms with Crippen LogP contribution in [0.25, 0.3) is 0 Å². The van der Waals surface area contributed by atoms with E-state index in [1.807, 2.05) is 13.8 Å². The lowest BCUT2D eigenvalue weighted by atomic mass is 9.96. The standard InChI is InChI=1S/C26H30FN3O5/c1-17(2)28-23(31)22-16-35-26(30(22)25(33)19-5-4-6-21(15-19)34-3)11-13-29(14-12-26)24(32)18-7-9-20(27)10-8-18/h4-10,15,17,22H,11-14,16H2,1-3H3,(H,28,31)/t22-/m0/s1. The van der Waals surface area contributed by atoms with Crippen molar-refractivity contribution in [3.05, 3.63) is 65.5 Å². The third-order valence-corrected chi connectivity index (χ3v) is 6.45. The van der Waals surface area contributed by atoms with Crippen molar-refractivity contribution in [3.63, 3.8) is 0 Å². The van der Waals surface area contributed by atoms with Crippen molar-refractivity contribution in [2.45, 2.75) is 44.5 Å². The fraction of sp³-hybridized carbons (Fsp3) is 0.423. The van der Waals surface area contributed by atoms with Gasteiger partial charge >= 0.3 is 0 Å². The van der Waals surface area contributed by atoms with Gasteiger partial charge in [-0.05, 0) is 56.3 Å². The summed E-state index contributed by atoms with van der Waals surface area (Å²) in [6.07, 6.45) is 0.697. The minimum atomic E-state index is -1.02. The molecule has 1 atom stereocenters. The molecule has 4 rings (SSSR count). The van der Waals surface area contributed by atoms with Crippen molar-refractivity contribution in [1.29, 1.82) is 0 Å². The second-order valence-corrected chi connectivity index (χ2v) is 9.14. The second kappa shape index (κ2) is 10.0. The molecule has 0 unspecified atom stereocenters. The molecule has 0 aromatic heterocycles. The van der Waals surface area contributed by atoms with Crippen molar-refractivity contribution in [1.82, 2.24) is 15.1 Å². The molecule has 8 nitrogen and oxygen atoms in total. The Kier molecular flexibility index (Phi) is 7.07. The molecule has 186 valence electrons. The Hall–Kier alpha value is -3.46. The molecule has 1 N–H and O–H groups in total. The van der Waals surface area contributed by atoms with Gasteiger partial charge in [0.05, 0.1) is 13.7 Å². The third-order valence-electron chi connectivity index (χ3n) is 6.45. The third kappa shape index (κ3) is 5.00. The Labute approximate surface area is 204 Å². The monoisotopic (exact) mass is 483 g/mol. The number of carbonyl (C=O) groups is 3. The van der Waals surface area contributed by atoms with E-state index >= 15 is 0 Å². The number of likely N-dealkylation sites (tertiary alicyclic amines) is 1. The zero-order chi connectivity index (χ0) is 25.2. The first-order chi connectivity index (χ1) is 16.7. The Morgan fingerprint density at radius 3 is 2.37 bits per heavy atom. The van der Waals surface area contributed by atoms with Crippen molar-refractivity contribution >= 4 is 17.7 Å². The minimum Gasteiger partial charge on any atom is -0.497 e. The first kappa shape index (κ1) is 24.7. The molecule has 2 aliphatic rings. The summed E-state index contributed by atoms with van der Waals surface area (Å²) >= 11 is 0. The number of amides is 3. The number of carbonyl (C=O) groups excluding carboxylic acids is 3. The summed E-state index contributed by atoms with van der Waals surface area (Å²) < 4.78 is 24.7. The van der Waals surface area contributed by atoms with Crippen LogP contribution in [-0.2, 0) is 9.53 Å². The van der Waals surface area contributed by atoms with Gasteiger partial charge in [-0.15, -0.1) is 0 Å². The van der Waals surface area contributed by atoms with Crippen molar-refractivity contribution < 1.29 is 28.2 Å². The summed E-state index contributed by atoms with van der Waals surface area (Å²) in [6, 6.07) is 11.3. The molecular weight excluding hydrogens is 453 g/mol. The Morgan fingerprint density at radius 1 is 1.06 bits per heavy atom. The summed E-state index contributed by atoms with van der Waals surface area (Å²) in [4.78, 5) is 42.9. The SMILES string of the molecule is COc1cccc(C(=O)N2[C@H](C(=O)NC(C)C)COC23CCN(C(=O)c2ccc(F)cc2)CC3)c1. The molecular formula is C26H30FN3O5. The number of halogens is 1. The molecule has 2 aromatic carbocycles. The molecule has 2 fully saturated rings. The van der Waals surface area contributed by atoms with E-state index in [-0.39, 0.29) is 30.4 Å². The molecule has 2 saturated heterocycles. The molecule has 0 saturated carbocycles. The fourth-order valence-corrected chi connectivity index (χ4v) is 4.68. The van der Waals surface area contributed by atoms with Gasteiger partial charge in [0.15, 0.2) is 0 Å². The van der Waals surface area contributed by atoms with E-state index in [1.54, 1.807) is 34.1 Å². The molecule has 0 bridgehead atoms. The van der Waals surface area contributed by atoms with Gasteiger partial charge in [0.2, 0.25) is 5.91 Å². The normalized spacial score (nSPS) is 19.2. The number of nitrogens with zero attached hydrogens (tertiary/aromatic N) is 2. The molecule has 2 heterocycles. The molecule has 2 aromatic rings. The van der Waals surface area contributed by atoms with E-state index in [0.29, 0.717) is 42.8 Å². The second-order valence-electron chi connectivity index (χ2n) is 9.14. The fourth-order valence-electron chi connectivity index (χ4n) is 4.68. The maximum atomic E-state index is 13.8. The van der Waals surface area contributed by atoms with Crippen LogP contribution in [-0.4, -0.2) is 72.1 Å². The number of hydrogen-bond donors (Lipinski definition) is 1. The quantitative estimate of drug-likeness (QED) is 0.707. The van der Waals surface area contributed by atoms with E-state index in [9.17, 15) is 18.8 Å². The molecule has 3 amide bonds. The largest absolute Gasteiger partial charge is 0.497 e. The van der Waals surface area contributed by atoms with Gasteiger partial charge in [0.25, 0.3) is 11.8 Å². The summed E-state index contributed by atoms with van der Waals surface area (Å²) in [5, 5.41) is 2.89. The van der Waals surface area contributed by atoms with Crippen LogP contribution in [0, 0.1) is 5.82 Å². The maximum absolute atomic E-state index is 13.8. The Bertz CT molecular complexity index is 1100. The van der Waals surface area contributed by atoms with Crippen LogP contribution >= 0.6 is 0 Å². The highest BCUT2D eigenvalue weighted by Gasteiger charge is 2.54. The van der Waals surface area contributed by atoms with Crippen LogP contribution in [0.15, 0.2) is 48.5 Å². The lowest BCUT2D eigenvalue weighted by molar-refractivity contribution is -0.128. The van der Waals surface area contributed by atoms with Crippen LogP contribution in [0.5, 0.6) is 5.75 Å². The smallest absolute Gasteiger partial charge is 0.257 e. The van der Waals surface area contributed by atoms with Crippen LogP contribution in [0.2, 0.25) is 0 Å². The number of methoxy groups -OCH3 is 1. The van der Waals surface area contributed by atoms with E-state index < -0.39 is 17.6 Å². The molecule has 9 heteroatoms. The van der Waals surface area contributed by atoms with Gasteiger partial charge in [-0.25, -0.2) is 4.39 Å². The molecule has 1 spiro atoms. The zero-order valence-electron chi connectivity index (χ0n) is 20.1. The Morgan fingerprint density at radius 2 is 1.74 bits per heavy atom. The Balaban J connectivity index is 1.58. The molecule has 0 aliphatic carbocycles. The molecule has 2 aliphatic heterocycles. The molecule has 0 radical (unpaired) electrons. The topological polar surface area (TPSA) is 88.2 Å². The lowest BCUT2D eigenvalue weighted by Crippen LogP contribution is -2.60. The first-order valence-corrected chi connectivity index (χ1v) is 11.7. The highest BCUT2D eigenvalue weighted by molar-refractivity contribution is 5.99. The summed E-state index contributed by atoms with van der Waals surface area (Å²) in [5.41, 5.74) is -0.229. The maximum Gasteiger partial charge on any atom is 0.257 e. The van der Waals surface area contributed by atoms with E-state index in [4.69, 9.17) is 9.47 Å². The lowest BCUT2D eigenvalue weighted by Gasteiger charge is -2.44. The van der Waals surface area contributed by atoms with Crippen LogP contribution in [0.3, 0.4) is 0 Å². The first-order valence-electron chi connectivity index (χ1n) is 11.7.